The molecule has 5 nitrogen and oxygen atoms in total. The molecule has 0 spiro atoms. The van der Waals surface area contributed by atoms with Gasteiger partial charge in [0.1, 0.15) is 5.82 Å². The van der Waals surface area contributed by atoms with Crippen LogP contribution in [-0.4, -0.2) is 40.0 Å². The lowest BCUT2D eigenvalue weighted by molar-refractivity contribution is -0.137. The van der Waals surface area contributed by atoms with Gasteiger partial charge in [0.05, 0.1) is 29.5 Å². The number of hydrogen-bond acceptors (Lipinski definition) is 3. The molecule has 1 saturated heterocycles. The van der Waals surface area contributed by atoms with E-state index in [0.717, 1.165) is 17.6 Å². The molecule has 0 aliphatic carbocycles. The minimum absolute atomic E-state index is 0.0125. The summed E-state index contributed by atoms with van der Waals surface area (Å²) in [6.45, 7) is 1.12. The lowest BCUT2D eigenvalue weighted by Gasteiger charge is -2.27. The van der Waals surface area contributed by atoms with E-state index in [0.29, 0.717) is 19.2 Å². The maximum atomic E-state index is 13.2. The lowest BCUT2D eigenvalue weighted by atomic mass is 10.1. The maximum Gasteiger partial charge on any atom is 0.416 e. The molecule has 1 N–H and O–H groups in total. The molecule has 0 atom stereocenters. The predicted molar refractivity (Wildman–Crippen MR) is 100 cm³/mol. The molecule has 1 fully saturated rings. The summed E-state index contributed by atoms with van der Waals surface area (Å²) >= 11 is 0. The zero-order chi connectivity index (χ0) is 21.0. The van der Waals surface area contributed by atoms with E-state index in [-0.39, 0.29) is 24.6 Å². The van der Waals surface area contributed by atoms with Crippen LogP contribution in [0.4, 0.5) is 17.6 Å². The third-order valence-electron chi connectivity index (χ3n) is 4.48. The quantitative estimate of drug-likeness (QED) is 0.662. The first-order valence-corrected chi connectivity index (χ1v) is 8.95. The van der Waals surface area contributed by atoms with Crippen molar-refractivity contribution in [1.82, 2.24) is 19.8 Å². The van der Waals surface area contributed by atoms with E-state index in [4.69, 9.17) is 0 Å². The van der Waals surface area contributed by atoms with Crippen LogP contribution in [0.5, 0.6) is 0 Å². The molecule has 29 heavy (non-hydrogen) atoms. The molecule has 0 saturated carbocycles. The van der Waals surface area contributed by atoms with Crippen molar-refractivity contribution in [1.29, 1.82) is 0 Å². The van der Waals surface area contributed by atoms with Crippen molar-refractivity contribution in [3.05, 3.63) is 65.7 Å². The number of para-hydroxylation sites is 2. The highest BCUT2D eigenvalue weighted by Crippen LogP contribution is 2.30. The Bertz CT molecular complexity index is 1000. The minimum atomic E-state index is -4.59. The number of carbonyl (C=O) groups is 1. The van der Waals surface area contributed by atoms with Gasteiger partial charge < -0.3 is 14.8 Å². The molecule has 2 aromatic carbocycles. The molecule has 1 aliphatic rings. The predicted octanol–water partition coefficient (Wildman–Crippen LogP) is 3.35. The fraction of sp³-hybridized carbons (Fsp3) is 0.300. The molecule has 2 heterocycles. The third-order valence-corrected chi connectivity index (χ3v) is 4.48. The van der Waals surface area contributed by atoms with Crippen molar-refractivity contribution in [2.24, 2.45) is 7.05 Å². The van der Waals surface area contributed by atoms with E-state index >= 15 is 0 Å². The number of aromatic nitrogens is 2. The summed E-state index contributed by atoms with van der Waals surface area (Å²) in [4.78, 5) is 17.1. The average Bonchev–Trinajstić information content (AvgIpc) is 3.05. The first kappa shape index (κ1) is 20.8. The van der Waals surface area contributed by atoms with Crippen molar-refractivity contribution in [2.45, 2.75) is 12.7 Å². The molecule has 9 heteroatoms. The van der Waals surface area contributed by atoms with Gasteiger partial charge in [0, 0.05) is 26.7 Å². The number of fused-ring (bicyclic) bond motifs is 1. The molecular weight excluding hydrogens is 388 g/mol. The number of piperazine rings is 1. The number of benzene rings is 2. The summed E-state index contributed by atoms with van der Waals surface area (Å²) < 4.78 is 52.8. The van der Waals surface area contributed by atoms with E-state index < -0.39 is 17.6 Å². The number of halogens is 4. The first-order chi connectivity index (χ1) is 13.7. The highest BCUT2D eigenvalue weighted by molar-refractivity contribution is 5.79. The Morgan fingerprint density at radius 3 is 2.62 bits per heavy atom. The van der Waals surface area contributed by atoms with Crippen LogP contribution >= 0.6 is 0 Å². The second-order valence-electron chi connectivity index (χ2n) is 6.68. The Labute approximate surface area is 164 Å². The van der Waals surface area contributed by atoms with Gasteiger partial charge in [-0.2, -0.15) is 13.2 Å². The van der Waals surface area contributed by atoms with Crippen molar-refractivity contribution >= 4 is 16.9 Å². The number of rotatable bonds is 2. The van der Waals surface area contributed by atoms with Gasteiger partial charge in [0.25, 0.3) is 0 Å². The number of hydrogen-bond donors (Lipinski definition) is 1. The number of amides is 1. The van der Waals surface area contributed by atoms with Gasteiger partial charge in [0.2, 0.25) is 5.91 Å². The monoisotopic (exact) mass is 408 g/mol. The largest absolute Gasteiger partial charge is 0.416 e. The zero-order valence-corrected chi connectivity index (χ0v) is 15.7. The molecule has 1 amide bonds. The van der Waals surface area contributed by atoms with Gasteiger partial charge in [-0.3, -0.25) is 4.79 Å². The fourth-order valence-electron chi connectivity index (χ4n) is 3.02. The summed E-state index contributed by atoms with van der Waals surface area (Å²) in [7, 11) is 2.00. The Kier molecular flexibility index (Phi) is 6.17. The molecule has 0 radical (unpaired) electrons. The third kappa shape index (κ3) is 5.32. The van der Waals surface area contributed by atoms with Gasteiger partial charge in [-0.05, 0) is 35.9 Å². The molecule has 1 aliphatic heterocycles. The second kappa shape index (κ2) is 8.60. The topological polar surface area (TPSA) is 50.2 Å². The summed E-state index contributed by atoms with van der Waals surface area (Å²) in [5.74, 6) is -1.16. The van der Waals surface area contributed by atoms with E-state index in [1.54, 1.807) is 0 Å². The van der Waals surface area contributed by atoms with Crippen LogP contribution in [0.1, 0.15) is 11.1 Å². The summed E-state index contributed by atoms with van der Waals surface area (Å²) in [5, 5.41) is 2.85. The van der Waals surface area contributed by atoms with Crippen LogP contribution in [0.25, 0.3) is 11.0 Å². The van der Waals surface area contributed by atoms with Gasteiger partial charge in [-0.25, -0.2) is 9.37 Å². The van der Waals surface area contributed by atoms with Gasteiger partial charge >= 0.3 is 6.18 Å². The van der Waals surface area contributed by atoms with Crippen LogP contribution in [0.2, 0.25) is 0 Å². The Morgan fingerprint density at radius 1 is 1.17 bits per heavy atom. The Hall–Kier alpha value is -2.94. The average molecular weight is 408 g/mol. The molecule has 1 aromatic heterocycles. The number of nitrogens with zero attached hydrogens (tertiary/aromatic N) is 3. The molecule has 3 aromatic rings. The van der Waals surface area contributed by atoms with Crippen molar-refractivity contribution < 1.29 is 22.4 Å². The molecule has 0 bridgehead atoms. The number of carbonyl (C=O) groups excluding carboxylic acids is 1. The second-order valence-corrected chi connectivity index (χ2v) is 6.68. The number of imidazole rings is 1. The number of alkyl halides is 3. The van der Waals surface area contributed by atoms with Crippen molar-refractivity contribution in [3.8, 4) is 0 Å². The summed E-state index contributed by atoms with van der Waals surface area (Å²) in [6, 6.07) is 10.4. The van der Waals surface area contributed by atoms with Crippen LogP contribution in [0.3, 0.4) is 0 Å². The Balaban J connectivity index is 0.000000200. The zero-order valence-electron chi connectivity index (χ0n) is 15.7. The standard InChI is InChI=1S/C12H12F4N2O.C8H8N2/c13-10-4-8(3-9(5-10)12(14,15)16)7-18-2-1-17-6-11(18)19;1-10-6-9-7-4-2-3-5-8(7)10/h3-5,17H,1-2,6-7H2;2-6H,1H3. The van der Waals surface area contributed by atoms with E-state index in [1.165, 1.54) is 10.4 Å². The smallest absolute Gasteiger partial charge is 0.336 e. The van der Waals surface area contributed by atoms with Crippen LogP contribution in [0.15, 0.2) is 48.8 Å². The van der Waals surface area contributed by atoms with Crippen LogP contribution in [-0.2, 0) is 24.6 Å². The minimum Gasteiger partial charge on any atom is -0.336 e. The number of aryl methyl sites for hydroxylation is 1. The molecule has 4 rings (SSSR count). The van der Waals surface area contributed by atoms with Gasteiger partial charge in [0.15, 0.2) is 0 Å². The van der Waals surface area contributed by atoms with Crippen LogP contribution in [0, 0.1) is 5.82 Å². The van der Waals surface area contributed by atoms with Crippen molar-refractivity contribution in [3.63, 3.8) is 0 Å². The highest BCUT2D eigenvalue weighted by atomic mass is 19.4. The van der Waals surface area contributed by atoms with E-state index in [9.17, 15) is 22.4 Å². The number of nitrogens with one attached hydrogen (secondary N) is 1. The first-order valence-electron chi connectivity index (χ1n) is 8.95. The van der Waals surface area contributed by atoms with E-state index in [2.05, 4.69) is 16.4 Å². The summed E-state index contributed by atoms with van der Waals surface area (Å²) in [5.41, 5.74) is 1.35. The lowest BCUT2D eigenvalue weighted by Crippen LogP contribution is -2.47. The van der Waals surface area contributed by atoms with Gasteiger partial charge in [-0.15, -0.1) is 0 Å². The summed E-state index contributed by atoms with van der Waals surface area (Å²) in [6.07, 6.45) is -2.77. The molecule has 154 valence electrons. The fourth-order valence-corrected chi connectivity index (χ4v) is 3.02. The maximum absolute atomic E-state index is 13.2. The molecule has 0 unspecified atom stereocenters. The van der Waals surface area contributed by atoms with Crippen molar-refractivity contribution in [2.75, 3.05) is 19.6 Å². The Morgan fingerprint density at radius 2 is 1.93 bits per heavy atom. The highest BCUT2D eigenvalue weighted by Gasteiger charge is 2.31. The molecular formula is C20H20F4N4O. The van der Waals surface area contributed by atoms with E-state index in [1.807, 2.05) is 36.1 Å². The SMILES string of the molecule is Cn1cnc2ccccc21.O=C1CNCCN1Cc1cc(F)cc(C(F)(F)F)c1. The van der Waals surface area contributed by atoms with Crippen LogP contribution < -0.4 is 5.32 Å². The normalized spacial score (nSPS) is 14.7. The van der Waals surface area contributed by atoms with Gasteiger partial charge in [-0.1, -0.05) is 12.1 Å².